The highest BCUT2D eigenvalue weighted by Crippen LogP contribution is 2.23. The fourth-order valence-corrected chi connectivity index (χ4v) is 2.59. The summed E-state index contributed by atoms with van der Waals surface area (Å²) in [6.45, 7) is 3.08. The predicted octanol–water partition coefficient (Wildman–Crippen LogP) is 2.37. The first-order valence-electron chi connectivity index (χ1n) is 6.71. The molecule has 1 N–H and O–H groups in total. The van der Waals surface area contributed by atoms with E-state index in [2.05, 4.69) is 0 Å². The smallest absolute Gasteiger partial charge is 0.254 e. The zero-order chi connectivity index (χ0) is 13.0. The van der Waals surface area contributed by atoms with Crippen LogP contribution in [0.1, 0.15) is 41.6 Å². The van der Waals surface area contributed by atoms with Gasteiger partial charge in [-0.2, -0.15) is 0 Å². The Labute approximate surface area is 108 Å². The summed E-state index contributed by atoms with van der Waals surface area (Å²) in [6, 6.07) is 8.07. The summed E-state index contributed by atoms with van der Waals surface area (Å²) in [5.74, 6) is 0.135. The quantitative estimate of drug-likeness (QED) is 0.887. The molecule has 0 spiro atoms. The van der Waals surface area contributed by atoms with Crippen LogP contribution in [0.5, 0.6) is 0 Å². The van der Waals surface area contributed by atoms with Gasteiger partial charge in [0.1, 0.15) is 0 Å². The summed E-state index contributed by atoms with van der Waals surface area (Å²) in [4.78, 5) is 14.4. The lowest BCUT2D eigenvalue weighted by molar-refractivity contribution is 0.0724. The Kier molecular flexibility index (Phi) is 4.37. The Balaban J connectivity index is 2.05. The molecule has 2 rings (SSSR count). The lowest BCUT2D eigenvalue weighted by Gasteiger charge is -2.24. The van der Waals surface area contributed by atoms with E-state index < -0.39 is 0 Å². The van der Waals surface area contributed by atoms with Gasteiger partial charge in [0.25, 0.3) is 5.91 Å². The minimum Gasteiger partial charge on any atom is -0.396 e. The average Bonchev–Trinajstić information content (AvgIpc) is 2.84. The van der Waals surface area contributed by atoms with Crippen LogP contribution in [0, 0.1) is 6.92 Å². The van der Waals surface area contributed by atoms with E-state index in [-0.39, 0.29) is 12.5 Å². The van der Waals surface area contributed by atoms with Crippen molar-refractivity contribution in [1.82, 2.24) is 4.90 Å². The van der Waals surface area contributed by atoms with Gasteiger partial charge in [-0.25, -0.2) is 0 Å². The second kappa shape index (κ2) is 6.01. The van der Waals surface area contributed by atoms with E-state index in [0.29, 0.717) is 6.04 Å². The molecule has 0 bridgehead atoms. The number of nitrogens with zero attached hydrogens (tertiary/aromatic N) is 1. The molecule has 1 heterocycles. The molecule has 1 aliphatic rings. The number of hydrogen-bond acceptors (Lipinski definition) is 2. The van der Waals surface area contributed by atoms with Gasteiger partial charge < -0.3 is 10.0 Å². The van der Waals surface area contributed by atoms with Crippen LogP contribution in [-0.4, -0.2) is 35.1 Å². The third kappa shape index (κ3) is 2.91. The largest absolute Gasteiger partial charge is 0.396 e. The first-order valence-corrected chi connectivity index (χ1v) is 6.71. The Morgan fingerprint density at radius 3 is 2.78 bits per heavy atom. The number of amides is 1. The number of carbonyl (C=O) groups excluding carboxylic acids is 1. The Bertz CT molecular complexity index is 399. The second-order valence-corrected chi connectivity index (χ2v) is 5.03. The summed E-state index contributed by atoms with van der Waals surface area (Å²) >= 11 is 0. The molecule has 1 fully saturated rings. The second-order valence-electron chi connectivity index (χ2n) is 5.03. The maximum absolute atomic E-state index is 12.4. The summed E-state index contributed by atoms with van der Waals surface area (Å²) in [6.07, 6.45) is 3.84. The van der Waals surface area contributed by atoms with E-state index in [1.807, 2.05) is 36.1 Å². The molecule has 3 heteroatoms. The van der Waals surface area contributed by atoms with Crippen LogP contribution < -0.4 is 0 Å². The van der Waals surface area contributed by atoms with Gasteiger partial charge in [-0.15, -0.1) is 0 Å². The Hall–Kier alpha value is -1.35. The van der Waals surface area contributed by atoms with Crippen LogP contribution >= 0.6 is 0 Å². The standard InChI is InChI=1S/C15H21NO2/c1-12-6-8-13(9-7-12)15(18)16-10-2-4-14(16)5-3-11-17/h6-9,14,17H,2-5,10-11H2,1H3. The van der Waals surface area contributed by atoms with Crippen LogP contribution in [0.4, 0.5) is 0 Å². The van der Waals surface area contributed by atoms with E-state index in [9.17, 15) is 4.79 Å². The van der Waals surface area contributed by atoms with E-state index in [4.69, 9.17) is 5.11 Å². The fourth-order valence-electron chi connectivity index (χ4n) is 2.59. The van der Waals surface area contributed by atoms with Gasteiger partial charge in [0.05, 0.1) is 0 Å². The molecule has 1 saturated heterocycles. The summed E-state index contributed by atoms with van der Waals surface area (Å²) in [5.41, 5.74) is 1.95. The molecular weight excluding hydrogens is 226 g/mol. The molecule has 1 aliphatic heterocycles. The number of carbonyl (C=O) groups is 1. The number of aliphatic hydroxyl groups is 1. The molecule has 1 aromatic rings. The third-order valence-electron chi connectivity index (χ3n) is 3.63. The van der Waals surface area contributed by atoms with Gasteiger partial charge >= 0.3 is 0 Å². The predicted molar refractivity (Wildman–Crippen MR) is 71.6 cm³/mol. The number of likely N-dealkylation sites (tertiary alicyclic amines) is 1. The zero-order valence-electron chi connectivity index (χ0n) is 10.9. The maximum atomic E-state index is 12.4. The van der Waals surface area contributed by atoms with Gasteiger partial charge in [0.15, 0.2) is 0 Å². The number of hydrogen-bond donors (Lipinski definition) is 1. The summed E-state index contributed by atoms with van der Waals surface area (Å²) in [7, 11) is 0. The molecule has 1 amide bonds. The van der Waals surface area contributed by atoms with Crippen LogP contribution in [-0.2, 0) is 0 Å². The van der Waals surface area contributed by atoms with Crippen LogP contribution in [0.15, 0.2) is 24.3 Å². The van der Waals surface area contributed by atoms with Gasteiger partial charge in [-0.05, 0) is 44.7 Å². The highest BCUT2D eigenvalue weighted by Gasteiger charge is 2.28. The molecule has 0 saturated carbocycles. The molecule has 1 aromatic carbocycles. The molecular formula is C15H21NO2. The first kappa shape index (κ1) is 13.1. The Morgan fingerprint density at radius 1 is 1.39 bits per heavy atom. The third-order valence-corrected chi connectivity index (χ3v) is 3.63. The molecule has 1 unspecified atom stereocenters. The van der Waals surface area contributed by atoms with E-state index in [1.54, 1.807) is 0 Å². The number of benzene rings is 1. The highest BCUT2D eigenvalue weighted by molar-refractivity contribution is 5.94. The Morgan fingerprint density at radius 2 is 2.11 bits per heavy atom. The van der Waals surface area contributed by atoms with Gasteiger partial charge in [-0.3, -0.25) is 4.79 Å². The molecule has 3 nitrogen and oxygen atoms in total. The number of aliphatic hydroxyl groups excluding tert-OH is 1. The minimum absolute atomic E-state index is 0.135. The summed E-state index contributed by atoms with van der Waals surface area (Å²) in [5, 5.41) is 8.90. The first-order chi connectivity index (χ1) is 8.72. The lowest BCUT2D eigenvalue weighted by atomic mass is 10.1. The van der Waals surface area contributed by atoms with E-state index in [0.717, 1.165) is 37.8 Å². The van der Waals surface area contributed by atoms with Crippen LogP contribution in [0.25, 0.3) is 0 Å². The lowest BCUT2D eigenvalue weighted by Crippen LogP contribution is -2.35. The highest BCUT2D eigenvalue weighted by atomic mass is 16.3. The van der Waals surface area contributed by atoms with Crippen molar-refractivity contribution in [2.45, 2.75) is 38.6 Å². The van der Waals surface area contributed by atoms with Crippen molar-refractivity contribution < 1.29 is 9.90 Å². The van der Waals surface area contributed by atoms with Crippen molar-refractivity contribution in [1.29, 1.82) is 0 Å². The molecule has 0 aromatic heterocycles. The minimum atomic E-state index is 0.135. The van der Waals surface area contributed by atoms with Crippen molar-refractivity contribution >= 4 is 5.91 Å². The molecule has 1 atom stereocenters. The fraction of sp³-hybridized carbons (Fsp3) is 0.533. The van der Waals surface area contributed by atoms with Gasteiger partial charge in [0.2, 0.25) is 0 Å². The molecule has 0 aliphatic carbocycles. The van der Waals surface area contributed by atoms with Crippen molar-refractivity contribution in [2.75, 3.05) is 13.2 Å². The molecule has 98 valence electrons. The molecule has 0 radical (unpaired) electrons. The van der Waals surface area contributed by atoms with Crippen molar-refractivity contribution in [3.8, 4) is 0 Å². The van der Waals surface area contributed by atoms with Gasteiger partial charge in [-0.1, -0.05) is 17.7 Å². The molecule has 18 heavy (non-hydrogen) atoms. The van der Waals surface area contributed by atoms with E-state index in [1.165, 1.54) is 5.56 Å². The van der Waals surface area contributed by atoms with E-state index >= 15 is 0 Å². The zero-order valence-corrected chi connectivity index (χ0v) is 10.9. The maximum Gasteiger partial charge on any atom is 0.254 e. The normalized spacial score (nSPS) is 19.2. The van der Waals surface area contributed by atoms with Crippen LogP contribution in [0.2, 0.25) is 0 Å². The number of rotatable bonds is 4. The SMILES string of the molecule is Cc1ccc(C(=O)N2CCCC2CCCO)cc1. The van der Waals surface area contributed by atoms with Gasteiger partial charge in [0, 0.05) is 24.8 Å². The summed E-state index contributed by atoms with van der Waals surface area (Å²) < 4.78 is 0. The van der Waals surface area contributed by atoms with Crippen LogP contribution in [0.3, 0.4) is 0 Å². The average molecular weight is 247 g/mol. The number of aryl methyl sites for hydroxylation is 1. The van der Waals surface area contributed by atoms with Crippen molar-refractivity contribution in [3.63, 3.8) is 0 Å². The van der Waals surface area contributed by atoms with Crippen molar-refractivity contribution in [2.24, 2.45) is 0 Å². The topological polar surface area (TPSA) is 40.5 Å². The van der Waals surface area contributed by atoms with Crippen molar-refractivity contribution in [3.05, 3.63) is 35.4 Å². The monoisotopic (exact) mass is 247 g/mol.